The lowest BCUT2D eigenvalue weighted by molar-refractivity contribution is -0.123. The number of amides is 1. The maximum atomic E-state index is 12.9. The fourth-order valence-corrected chi connectivity index (χ4v) is 4.70. The maximum absolute atomic E-state index is 12.9. The number of rotatable bonds is 8. The summed E-state index contributed by atoms with van der Waals surface area (Å²) in [6.45, 7) is 5.89. The van der Waals surface area contributed by atoms with E-state index in [0.717, 1.165) is 31.5 Å². The zero-order valence-electron chi connectivity index (χ0n) is 18.5. The summed E-state index contributed by atoms with van der Waals surface area (Å²) >= 11 is 0. The molecule has 31 heavy (non-hydrogen) atoms. The molecular formula is C24H33N3O3S. The van der Waals surface area contributed by atoms with Crippen LogP contribution in [-0.2, 0) is 14.6 Å². The van der Waals surface area contributed by atoms with Crippen LogP contribution in [0.5, 0.6) is 0 Å². The Kier molecular flexibility index (Phi) is 7.86. The predicted molar refractivity (Wildman–Crippen MR) is 123 cm³/mol. The molecule has 0 bridgehead atoms. The fraction of sp³-hybridized carbons (Fsp3) is 0.458. The molecule has 2 unspecified atom stereocenters. The SMILES string of the molecule is CCC(C(=O)NC1CCN(NC(C)c2ccccc2)CC1)c1ccc(S(C)(=O)=O)cc1. The van der Waals surface area contributed by atoms with Crippen LogP contribution < -0.4 is 10.7 Å². The molecule has 6 nitrogen and oxygen atoms in total. The van der Waals surface area contributed by atoms with E-state index in [9.17, 15) is 13.2 Å². The van der Waals surface area contributed by atoms with Gasteiger partial charge in [0.2, 0.25) is 5.91 Å². The highest BCUT2D eigenvalue weighted by Gasteiger charge is 2.25. The lowest BCUT2D eigenvalue weighted by atomic mass is 9.94. The van der Waals surface area contributed by atoms with Crippen molar-refractivity contribution in [1.82, 2.24) is 15.8 Å². The third kappa shape index (κ3) is 6.38. The summed E-state index contributed by atoms with van der Waals surface area (Å²) in [5, 5.41) is 5.44. The predicted octanol–water partition coefficient (Wildman–Crippen LogP) is 3.43. The van der Waals surface area contributed by atoms with Gasteiger partial charge in [-0.1, -0.05) is 49.4 Å². The molecule has 1 amide bonds. The van der Waals surface area contributed by atoms with Crippen molar-refractivity contribution < 1.29 is 13.2 Å². The molecule has 1 fully saturated rings. The van der Waals surface area contributed by atoms with Crippen LogP contribution in [0.15, 0.2) is 59.5 Å². The first-order valence-electron chi connectivity index (χ1n) is 10.9. The van der Waals surface area contributed by atoms with Crippen molar-refractivity contribution in [3.05, 3.63) is 65.7 Å². The number of nitrogens with one attached hydrogen (secondary N) is 2. The van der Waals surface area contributed by atoms with Crippen LogP contribution in [0.25, 0.3) is 0 Å². The number of sulfone groups is 1. The van der Waals surface area contributed by atoms with Crippen LogP contribution in [0.3, 0.4) is 0 Å². The first-order valence-corrected chi connectivity index (χ1v) is 12.8. The Balaban J connectivity index is 1.51. The van der Waals surface area contributed by atoms with Gasteiger partial charge in [-0.3, -0.25) is 4.79 Å². The normalized spacial score (nSPS) is 17.8. The number of carbonyl (C=O) groups is 1. The van der Waals surface area contributed by atoms with Crippen LogP contribution in [0.2, 0.25) is 0 Å². The summed E-state index contributed by atoms with van der Waals surface area (Å²) in [6.07, 6.45) is 3.64. The van der Waals surface area contributed by atoms with Crippen LogP contribution in [0, 0.1) is 0 Å². The third-order valence-electron chi connectivity index (χ3n) is 5.95. The van der Waals surface area contributed by atoms with E-state index in [2.05, 4.69) is 34.8 Å². The summed E-state index contributed by atoms with van der Waals surface area (Å²) in [4.78, 5) is 13.2. The second-order valence-corrected chi connectivity index (χ2v) is 10.3. The minimum absolute atomic E-state index is 0.0127. The summed E-state index contributed by atoms with van der Waals surface area (Å²) < 4.78 is 23.3. The molecule has 2 atom stereocenters. The average Bonchev–Trinajstić information content (AvgIpc) is 2.76. The number of hydrogen-bond acceptors (Lipinski definition) is 5. The van der Waals surface area contributed by atoms with Crippen molar-refractivity contribution in [1.29, 1.82) is 0 Å². The van der Waals surface area contributed by atoms with Crippen molar-refractivity contribution in [3.63, 3.8) is 0 Å². The molecule has 0 aliphatic carbocycles. The molecule has 2 aromatic rings. The molecule has 2 N–H and O–H groups in total. The quantitative estimate of drug-likeness (QED) is 0.654. The van der Waals surface area contributed by atoms with Gasteiger partial charge in [0.25, 0.3) is 0 Å². The van der Waals surface area contributed by atoms with Gasteiger partial charge in [-0.05, 0) is 49.4 Å². The molecule has 1 aliphatic heterocycles. The first-order chi connectivity index (χ1) is 14.8. The molecule has 3 rings (SSSR count). The number of hydrogen-bond donors (Lipinski definition) is 2. The Labute approximate surface area is 185 Å². The number of hydrazine groups is 1. The summed E-state index contributed by atoms with van der Waals surface area (Å²) in [5.74, 6) is -0.262. The average molecular weight is 444 g/mol. The van der Waals surface area contributed by atoms with E-state index in [-0.39, 0.29) is 28.8 Å². The zero-order valence-corrected chi connectivity index (χ0v) is 19.4. The molecule has 2 aromatic carbocycles. The zero-order chi connectivity index (χ0) is 22.4. The minimum Gasteiger partial charge on any atom is -0.353 e. The van der Waals surface area contributed by atoms with E-state index in [1.165, 1.54) is 11.8 Å². The van der Waals surface area contributed by atoms with Gasteiger partial charge >= 0.3 is 0 Å². The Morgan fingerprint density at radius 2 is 1.65 bits per heavy atom. The number of benzene rings is 2. The van der Waals surface area contributed by atoms with Crippen LogP contribution in [0.1, 0.15) is 56.2 Å². The van der Waals surface area contributed by atoms with Gasteiger partial charge in [0.05, 0.1) is 10.8 Å². The Hall–Kier alpha value is -2.22. The monoisotopic (exact) mass is 443 g/mol. The van der Waals surface area contributed by atoms with Gasteiger partial charge < -0.3 is 5.32 Å². The number of piperidine rings is 1. The highest BCUT2D eigenvalue weighted by molar-refractivity contribution is 7.90. The Morgan fingerprint density at radius 1 is 1.03 bits per heavy atom. The van der Waals surface area contributed by atoms with Gasteiger partial charge in [-0.15, -0.1) is 0 Å². The highest BCUT2D eigenvalue weighted by Crippen LogP contribution is 2.23. The van der Waals surface area contributed by atoms with E-state index in [4.69, 9.17) is 0 Å². The fourth-order valence-electron chi connectivity index (χ4n) is 4.06. The first kappa shape index (κ1) is 23.4. The molecule has 1 saturated heterocycles. The van der Waals surface area contributed by atoms with E-state index in [0.29, 0.717) is 6.42 Å². The smallest absolute Gasteiger partial charge is 0.227 e. The van der Waals surface area contributed by atoms with Gasteiger partial charge in [0, 0.05) is 31.4 Å². The molecule has 168 valence electrons. The third-order valence-corrected chi connectivity index (χ3v) is 7.08. The highest BCUT2D eigenvalue weighted by atomic mass is 32.2. The van der Waals surface area contributed by atoms with Crippen molar-refractivity contribution in [2.45, 2.75) is 56.0 Å². The number of carbonyl (C=O) groups excluding carboxylic acids is 1. The van der Waals surface area contributed by atoms with Crippen molar-refractivity contribution in [2.24, 2.45) is 0 Å². The molecule has 1 aliphatic rings. The Bertz CT molecular complexity index is 953. The molecule has 7 heteroatoms. The van der Waals surface area contributed by atoms with E-state index < -0.39 is 9.84 Å². The van der Waals surface area contributed by atoms with Gasteiger partial charge in [0.1, 0.15) is 0 Å². The number of nitrogens with zero attached hydrogens (tertiary/aromatic N) is 1. The van der Waals surface area contributed by atoms with E-state index in [1.54, 1.807) is 24.3 Å². The van der Waals surface area contributed by atoms with Gasteiger partial charge in [-0.2, -0.15) is 0 Å². The summed E-state index contributed by atoms with van der Waals surface area (Å²) in [7, 11) is -3.24. The molecular weight excluding hydrogens is 410 g/mol. The van der Waals surface area contributed by atoms with E-state index in [1.807, 2.05) is 25.1 Å². The summed E-state index contributed by atoms with van der Waals surface area (Å²) in [5.41, 5.74) is 5.66. The molecule has 0 aromatic heterocycles. The van der Waals surface area contributed by atoms with Crippen LogP contribution in [-0.4, -0.2) is 44.7 Å². The molecule has 0 saturated carbocycles. The van der Waals surface area contributed by atoms with Crippen molar-refractivity contribution >= 4 is 15.7 Å². The largest absolute Gasteiger partial charge is 0.353 e. The standard InChI is InChI=1S/C24H33N3O3S/c1-4-23(20-10-12-22(13-11-20)31(3,29)30)24(28)25-21-14-16-27(17-15-21)26-18(2)19-8-6-5-7-9-19/h5-13,18,21,23,26H,4,14-17H2,1-3H3,(H,25,28). The molecule has 1 heterocycles. The summed E-state index contributed by atoms with van der Waals surface area (Å²) in [6, 6.07) is 17.4. The Morgan fingerprint density at radius 3 is 2.19 bits per heavy atom. The van der Waals surface area contributed by atoms with Crippen molar-refractivity contribution in [3.8, 4) is 0 Å². The minimum atomic E-state index is -3.24. The second kappa shape index (κ2) is 10.4. The van der Waals surface area contributed by atoms with Crippen LogP contribution in [0.4, 0.5) is 0 Å². The lowest BCUT2D eigenvalue weighted by Crippen LogP contribution is -2.50. The van der Waals surface area contributed by atoms with Gasteiger partial charge in [-0.25, -0.2) is 18.9 Å². The van der Waals surface area contributed by atoms with Crippen LogP contribution >= 0.6 is 0 Å². The topological polar surface area (TPSA) is 78.5 Å². The van der Waals surface area contributed by atoms with E-state index >= 15 is 0 Å². The lowest BCUT2D eigenvalue weighted by Gasteiger charge is -2.35. The molecule has 0 radical (unpaired) electrons. The second-order valence-electron chi connectivity index (χ2n) is 8.33. The molecule has 0 spiro atoms. The van der Waals surface area contributed by atoms with Crippen molar-refractivity contribution in [2.75, 3.05) is 19.3 Å². The van der Waals surface area contributed by atoms with Gasteiger partial charge in [0.15, 0.2) is 9.84 Å². The maximum Gasteiger partial charge on any atom is 0.227 e.